The van der Waals surface area contributed by atoms with Crippen molar-refractivity contribution >= 4 is 40.6 Å². The molecule has 2 aromatic rings. The molecule has 1 aromatic heterocycles. The number of carbonyl (C=O) groups excluding carboxylic acids is 2. The number of hydrogen-bond acceptors (Lipinski definition) is 5. The van der Waals surface area contributed by atoms with Gasteiger partial charge in [0.1, 0.15) is 0 Å². The minimum atomic E-state index is -0.654. The van der Waals surface area contributed by atoms with Gasteiger partial charge in [-0.25, -0.2) is 0 Å². The molecule has 0 radical (unpaired) electrons. The average molecular weight is 283 g/mol. The van der Waals surface area contributed by atoms with Crippen LogP contribution in [-0.4, -0.2) is 21.4 Å². The van der Waals surface area contributed by atoms with Gasteiger partial charge in [0.2, 0.25) is 0 Å². The van der Waals surface area contributed by atoms with Crippen LogP contribution in [0.1, 0.15) is 20.8 Å². The molecule has 0 aliphatic carbocycles. The first-order valence-electron chi connectivity index (χ1n) is 4.75. The number of carbonyl (C=O) groups is 2. The minimum absolute atomic E-state index is 0.162. The zero-order valence-electron chi connectivity index (χ0n) is 8.88. The molecule has 8 heteroatoms. The van der Waals surface area contributed by atoms with Crippen LogP contribution >= 0.6 is 23.1 Å². The summed E-state index contributed by atoms with van der Waals surface area (Å²) in [6, 6.07) is 4.40. The number of hydrogen-bond donors (Lipinski definition) is 2. The Hall–Kier alpha value is -1.99. The molecule has 3 N–H and O–H groups in total. The molecule has 0 saturated heterocycles. The zero-order valence-corrected chi connectivity index (χ0v) is 10.5. The number of nitrogens with one attached hydrogen (secondary N) is 1. The Morgan fingerprint density at radius 2 is 2.17 bits per heavy atom. The predicted molar refractivity (Wildman–Crippen MR) is 67.8 cm³/mol. The molecule has 0 aliphatic rings. The summed E-state index contributed by atoms with van der Waals surface area (Å²) in [7, 11) is 0. The number of primary amides is 1. The molecule has 18 heavy (non-hydrogen) atoms. The first-order chi connectivity index (χ1) is 8.58. The lowest BCUT2D eigenvalue weighted by molar-refractivity contribution is 0.100. The van der Waals surface area contributed by atoms with E-state index in [0.717, 1.165) is 11.5 Å². The molecule has 2 rings (SSSR count). The number of benzene rings is 1. The summed E-state index contributed by atoms with van der Waals surface area (Å²) in [5, 5.41) is 8.00. The van der Waals surface area contributed by atoms with Gasteiger partial charge in [0.25, 0.3) is 11.8 Å². The molecule has 2 amide bonds. The van der Waals surface area contributed by atoms with Crippen molar-refractivity contribution in [3.63, 3.8) is 0 Å². The summed E-state index contributed by atoms with van der Waals surface area (Å²) in [4.78, 5) is 23.0. The largest absolute Gasteiger partial charge is 0.366 e. The molecular formula is C10H7ClN4O2S. The molecule has 0 bridgehead atoms. The van der Waals surface area contributed by atoms with Crippen LogP contribution in [0.25, 0.3) is 0 Å². The van der Waals surface area contributed by atoms with E-state index < -0.39 is 11.8 Å². The second kappa shape index (κ2) is 5.11. The van der Waals surface area contributed by atoms with Crippen molar-refractivity contribution in [3.8, 4) is 0 Å². The highest BCUT2D eigenvalue weighted by Gasteiger charge is 2.14. The Balaban J connectivity index is 2.31. The van der Waals surface area contributed by atoms with E-state index in [9.17, 15) is 9.59 Å². The van der Waals surface area contributed by atoms with Crippen molar-refractivity contribution in [1.29, 1.82) is 0 Å². The number of nitrogens with two attached hydrogens (primary N) is 1. The third-order valence-corrected chi connectivity index (χ3v) is 2.83. The molecule has 0 unspecified atom stereocenters. The van der Waals surface area contributed by atoms with Crippen LogP contribution in [0.3, 0.4) is 0 Å². The van der Waals surface area contributed by atoms with Crippen LogP contribution in [0.15, 0.2) is 23.6 Å². The van der Waals surface area contributed by atoms with Gasteiger partial charge in [-0.3, -0.25) is 9.59 Å². The van der Waals surface area contributed by atoms with Crippen molar-refractivity contribution in [1.82, 2.24) is 9.59 Å². The lowest BCUT2D eigenvalue weighted by atomic mass is 10.1. The highest BCUT2D eigenvalue weighted by molar-refractivity contribution is 7.03. The number of nitrogens with zero attached hydrogens (tertiary/aromatic N) is 2. The van der Waals surface area contributed by atoms with E-state index in [1.165, 1.54) is 23.6 Å². The summed E-state index contributed by atoms with van der Waals surface area (Å²) in [5.74, 6) is -1.13. The number of aromatic nitrogens is 2. The Morgan fingerprint density at radius 3 is 2.78 bits per heavy atom. The Morgan fingerprint density at radius 1 is 1.39 bits per heavy atom. The summed E-state index contributed by atoms with van der Waals surface area (Å²) >= 11 is 6.85. The Labute approximate surface area is 111 Å². The predicted octanol–water partition coefficient (Wildman–Crippen LogP) is 1.54. The number of amides is 2. The zero-order chi connectivity index (χ0) is 13.1. The number of anilines is 1. The summed E-state index contributed by atoms with van der Waals surface area (Å²) in [6.45, 7) is 0. The van der Waals surface area contributed by atoms with Gasteiger partial charge in [-0.2, -0.15) is 0 Å². The maximum absolute atomic E-state index is 11.8. The van der Waals surface area contributed by atoms with Gasteiger partial charge in [-0.1, -0.05) is 16.1 Å². The van der Waals surface area contributed by atoms with Crippen molar-refractivity contribution in [3.05, 3.63) is 39.9 Å². The standard InChI is InChI=1S/C10H7ClN4O2S/c11-5-1-2-6(9(12)16)7(3-5)13-10(17)8-4-18-15-14-8/h1-4H,(H2,12,16)(H,13,17). The van der Waals surface area contributed by atoms with Crippen LogP contribution in [-0.2, 0) is 0 Å². The summed E-state index contributed by atoms with van der Waals surface area (Å²) < 4.78 is 3.57. The van der Waals surface area contributed by atoms with Crippen LogP contribution in [0, 0.1) is 0 Å². The molecule has 0 fully saturated rings. The SMILES string of the molecule is NC(=O)c1ccc(Cl)cc1NC(=O)c1csnn1. The van der Waals surface area contributed by atoms with Crippen LogP contribution in [0.4, 0.5) is 5.69 Å². The normalized spacial score (nSPS) is 10.1. The van der Waals surface area contributed by atoms with Gasteiger partial charge in [0.15, 0.2) is 5.69 Å². The van der Waals surface area contributed by atoms with Gasteiger partial charge >= 0.3 is 0 Å². The van der Waals surface area contributed by atoms with Gasteiger partial charge < -0.3 is 11.1 Å². The first kappa shape index (κ1) is 12.5. The van der Waals surface area contributed by atoms with Crippen molar-refractivity contribution in [2.75, 3.05) is 5.32 Å². The van der Waals surface area contributed by atoms with E-state index in [2.05, 4.69) is 14.9 Å². The van der Waals surface area contributed by atoms with E-state index in [4.69, 9.17) is 17.3 Å². The third kappa shape index (κ3) is 2.63. The fourth-order valence-corrected chi connectivity index (χ4v) is 1.89. The second-order valence-electron chi connectivity index (χ2n) is 3.30. The molecule has 6 nitrogen and oxygen atoms in total. The quantitative estimate of drug-likeness (QED) is 0.892. The monoisotopic (exact) mass is 282 g/mol. The van der Waals surface area contributed by atoms with Crippen molar-refractivity contribution in [2.45, 2.75) is 0 Å². The van der Waals surface area contributed by atoms with Crippen molar-refractivity contribution < 1.29 is 9.59 Å². The molecule has 0 aliphatic heterocycles. The topological polar surface area (TPSA) is 98.0 Å². The lowest BCUT2D eigenvalue weighted by Gasteiger charge is -2.07. The van der Waals surface area contributed by atoms with E-state index in [1.54, 1.807) is 0 Å². The van der Waals surface area contributed by atoms with Crippen molar-refractivity contribution in [2.24, 2.45) is 5.73 Å². The fraction of sp³-hybridized carbons (Fsp3) is 0. The van der Waals surface area contributed by atoms with E-state index >= 15 is 0 Å². The average Bonchev–Trinajstić information content (AvgIpc) is 2.81. The van der Waals surface area contributed by atoms with Crippen LogP contribution in [0.5, 0.6) is 0 Å². The summed E-state index contributed by atoms with van der Waals surface area (Å²) in [5.41, 5.74) is 5.78. The first-order valence-corrected chi connectivity index (χ1v) is 5.97. The van der Waals surface area contributed by atoms with Crippen LogP contribution in [0.2, 0.25) is 5.02 Å². The molecule has 1 aromatic carbocycles. The summed E-state index contributed by atoms with van der Waals surface area (Å²) in [6.07, 6.45) is 0. The maximum Gasteiger partial charge on any atom is 0.277 e. The van der Waals surface area contributed by atoms with E-state index in [1.807, 2.05) is 0 Å². The highest BCUT2D eigenvalue weighted by atomic mass is 35.5. The van der Waals surface area contributed by atoms with Gasteiger partial charge in [0, 0.05) is 10.4 Å². The molecule has 0 saturated carbocycles. The maximum atomic E-state index is 11.8. The van der Waals surface area contributed by atoms with Gasteiger partial charge in [0.05, 0.1) is 11.3 Å². The Kier molecular flexibility index (Phi) is 3.54. The molecule has 92 valence electrons. The fourth-order valence-electron chi connectivity index (χ4n) is 1.28. The second-order valence-corrected chi connectivity index (χ2v) is 4.34. The molecule has 0 spiro atoms. The van der Waals surface area contributed by atoms with E-state index in [-0.39, 0.29) is 16.9 Å². The third-order valence-electron chi connectivity index (χ3n) is 2.09. The Bertz CT molecular complexity index is 600. The highest BCUT2D eigenvalue weighted by Crippen LogP contribution is 2.21. The van der Waals surface area contributed by atoms with Gasteiger partial charge in [-0.05, 0) is 29.7 Å². The molecule has 0 atom stereocenters. The minimum Gasteiger partial charge on any atom is -0.366 e. The van der Waals surface area contributed by atoms with Crippen LogP contribution < -0.4 is 11.1 Å². The molecule has 1 heterocycles. The lowest BCUT2D eigenvalue weighted by Crippen LogP contribution is -2.18. The molecular weight excluding hydrogens is 276 g/mol. The van der Waals surface area contributed by atoms with Gasteiger partial charge in [-0.15, -0.1) is 5.10 Å². The number of halogens is 1. The smallest absolute Gasteiger partial charge is 0.277 e. The van der Waals surface area contributed by atoms with E-state index in [0.29, 0.717) is 5.02 Å². The number of rotatable bonds is 3.